The van der Waals surface area contributed by atoms with Crippen LogP contribution in [-0.4, -0.2) is 36.2 Å². The second-order valence-electron chi connectivity index (χ2n) is 4.05. The molecule has 0 spiro atoms. The smallest absolute Gasteiger partial charge is 0.0471 e. The molecule has 2 nitrogen and oxygen atoms in total. The van der Waals surface area contributed by atoms with Gasteiger partial charge in [-0.2, -0.15) is 0 Å². The fraction of sp³-hybridized carbons (Fsp3) is 1.00. The summed E-state index contributed by atoms with van der Waals surface area (Å²) in [6, 6.07) is 0. The summed E-state index contributed by atoms with van der Waals surface area (Å²) in [6.07, 6.45) is 4.04. The van der Waals surface area contributed by atoms with Gasteiger partial charge < -0.3 is 10.0 Å². The molecule has 11 heavy (non-hydrogen) atoms. The van der Waals surface area contributed by atoms with Crippen molar-refractivity contribution in [1.29, 1.82) is 0 Å². The van der Waals surface area contributed by atoms with E-state index in [-0.39, 0.29) is 0 Å². The quantitative estimate of drug-likeness (QED) is 0.603. The zero-order valence-electron chi connectivity index (χ0n) is 7.00. The number of aliphatic hydroxyl groups is 1. The zero-order valence-corrected chi connectivity index (χ0v) is 7.00. The lowest BCUT2D eigenvalue weighted by Gasteiger charge is -2.41. The number of nitrogens with zero attached hydrogens (tertiary/aromatic N) is 1. The van der Waals surface area contributed by atoms with Gasteiger partial charge in [0.25, 0.3) is 0 Å². The molecular weight excluding hydrogens is 138 g/mol. The molecule has 2 heterocycles. The fourth-order valence-corrected chi connectivity index (χ4v) is 2.55. The molecule has 2 saturated heterocycles. The highest BCUT2D eigenvalue weighted by molar-refractivity contribution is 4.82. The number of hydrogen-bond donors (Lipinski definition) is 1. The molecule has 0 saturated carbocycles. The van der Waals surface area contributed by atoms with Gasteiger partial charge in [0.1, 0.15) is 0 Å². The van der Waals surface area contributed by atoms with Gasteiger partial charge in [0.05, 0.1) is 0 Å². The van der Waals surface area contributed by atoms with Crippen LogP contribution in [0.15, 0.2) is 0 Å². The molecule has 0 aliphatic carbocycles. The number of piperidine rings is 2. The highest BCUT2D eigenvalue weighted by Gasteiger charge is 2.29. The molecule has 2 rings (SSSR count). The second kappa shape index (κ2) is 3.11. The van der Waals surface area contributed by atoms with Gasteiger partial charge in [-0.25, -0.2) is 0 Å². The Labute approximate surface area is 68.2 Å². The lowest BCUT2D eigenvalue weighted by molar-refractivity contribution is 0.0540. The molecule has 2 heteroatoms. The molecule has 0 aromatic carbocycles. The maximum Gasteiger partial charge on any atom is 0.0471 e. The van der Waals surface area contributed by atoms with Crippen LogP contribution in [0.3, 0.4) is 0 Å². The second-order valence-corrected chi connectivity index (χ2v) is 4.05. The van der Waals surface area contributed by atoms with Crippen LogP contribution in [-0.2, 0) is 0 Å². The first-order valence-corrected chi connectivity index (χ1v) is 4.71. The van der Waals surface area contributed by atoms with E-state index in [0.717, 1.165) is 12.5 Å². The summed E-state index contributed by atoms with van der Waals surface area (Å²) in [6.45, 7) is 4.11. The van der Waals surface area contributed by atoms with Crippen LogP contribution >= 0.6 is 0 Å². The monoisotopic (exact) mass is 155 g/mol. The predicted molar refractivity (Wildman–Crippen MR) is 44.4 cm³/mol. The molecule has 0 radical (unpaired) electrons. The summed E-state index contributed by atoms with van der Waals surface area (Å²) in [5.74, 6) is 1.48. The lowest BCUT2D eigenvalue weighted by Crippen LogP contribution is -2.45. The Kier molecular flexibility index (Phi) is 2.14. The Balaban J connectivity index is 1.94. The number of rotatable bonds is 1. The number of hydrogen-bond acceptors (Lipinski definition) is 2. The summed E-state index contributed by atoms with van der Waals surface area (Å²) in [5.41, 5.74) is 0. The van der Waals surface area contributed by atoms with Crippen molar-refractivity contribution in [2.24, 2.45) is 11.8 Å². The molecule has 2 aliphatic rings. The van der Waals surface area contributed by atoms with Gasteiger partial charge in [-0.15, -0.1) is 0 Å². The van der Waals surface area contributed by atoms with Crippen LogP contribution < -0.4 is 0 Å². The van der Waals surface area contributed by atoms with Crippen molar-refractivity contribution < 1.29 is 5.11 Å². The minimum Gasteiger partial charge on any atom is -0.396 e. The largest absolute Gasteiger partial charge is 0.396 e. The SMILES string of the molecule is OCC1CC2CCCN(C1)C2. The Hall–Kier alpha value is -0.0800. The van der Waals surface area contributed by atoms with E-state index in [9.17, 15) is 0 Å². The molecule has 1 N–H and O–H groups in total. The summed E-state index contributed by atoms with van der Waals surface area (Å²) >= 11 is 0. The lowest BCUT2D eigenvalue weighted by atomic mass is 9.84. The van der Waals surface area contributed by atoms with Crippen LogP contribution in [0.1, 0.15) is 19.3 Å². The van der Waals surface area contributed by atoms with Crippen molar-refractivity contribution in [2.75, 3.05) is 26.2 Å². The molecule has 3 atom stereocenters. The average Bonchev–Trinajstić information content (AvgIpc) is 2.03. The molecule has 0 aromatic heterocycles. The molecule has 0 aromatic rings. The van der Waals surface area contributed by atoms with E-state index >= 15 is 0 Å². The van der Waals surface area contributed by atoms with Crippen molar-refractivity contribution in [3.05, 3.63) is 0 Å². The van der Waals surface area contributed by atoms with Crippen molar-refractivity contribution >= 4 is 0 Å². The summed E-state index contributed by atoms with van der Waals surface area (Å²) in [4.78, 5) is 2.51. The summed E-state index contributed by atoms with van der Waals surface area (Å²) in [7, 11) is 0. The van der Waals surface area contributed by atoms with Gasteiger partial charge in [-0.1, -0.05) is 0 Å². The third kappa shape index (κ3) is 1.57. The van der Waals surface area contributed by atoms with Crippen LogP contribution in [0.5, 0.6) is 0 Å². The van der Waals surface area contributed by atoms with Gasteiger partial charge in [0.2, 0.25) is 0 Å². The first-order valence-electron chi connectivity index (χ1n) is 4.71. The third-order valence-electron chi connectivity index (χ3n) is 3.04. The van der Waals surface area contributed by atoms with Crippen molar-refractivity contribution in [2.45, 2.75) is 19.3 Å². The average molecular weight is 155 g/mol. The molecule has 64 valence electrons. The minimum absolute atomic E-state index is 0.396. The number of fused-ring (bicyclic) bond motifs is 2. The van der Waals surface area contributed by atoms with Gasteiger partial charge in [0.15, 0.2) is 0 Å². The maximum atomic E-state index is 9.02. The van der Waals surface area contributed by atoms with E-state index in [1.807, 2.05) is 0 Å². The summed E-state index contributed by atoms with van der Waals surface area (Å²) in [5, 5.41) is 9.02. The standard InChI is InChI=1S/C9H17NO/c11-7-9-4-8-2-1-3-10(5-8)6-9/h8-9,11H,1-7H2. The third-order valence-corrected chi connectivity index (χ3v) is 3.04. The van der Waals surface area contributed by atoms with E-state index in [0.29, 0.717) is 12.5 Å². The Morgan fingerprint density at radius 3 is 3.00 bits per heavy atom. The van der Waals surface area contributed by atoms with Crippen LogP contribution in [0.25, 0.3) is 0 Å². The van der Waals surface area contributed by atoms with E-state index in [2.05, 4.69) is 4.90 Å². The zero-order chi connectivity index (χ0) is 7.68. The Bertz CT molecular complexity index is 126. The van der Waals surface area contributed by atoms with Crippen LogP contribution in [0.4, 0.5) is 0 Å². The van der Waals surface area contributed by atoms with Crippen molar-refractivity contribution in [3.8, 4) is 0 Å². The predicted octanol–water partition coefficient (Wildman–Crippen LogP) is 0.711. The minimum atomic E-state index is 0.396. The van der Waals surface area contributed by atoms with E-state index < -0.39 is 0 Å². The first-order chi connectivity index (χ1) is 5.38. The maximum absolute atomic E-state index is 9.02. The normalized spacial score (nSPS) is 43.9. The van der Waals surface area contributed by atoms with Crippen molar-refractivity contribution in [1.82, 2.24) is 4.90 Å². The van der Waals surface area contributed by atoms with Crippen LogP contribution in [0, 0.1) is 11.8 Å². The van der Waals surface area contributed by atoms with E-state index in [1.54, 1.807) is 0 Å². The molecule has 2 fully saturated rings. The highest BCUT2D eigenvalue weighted by Crippen LogP contribution is 2.28. The Morgan fingerprint density at radius 1 is 1.36 bits per heavy atom. The topological polar surface area (TPSA) is 23.5 Å². The van der Waals surface area contributed by atoms with Crippen LogP contribution in [0.2, 0.25) is 0 Å². The molecule has 2 bridgehead atoms. The number of aliphatic hydroxyl groups excluding tert-OH is 1. The van der Waals surface area contributed by atoms with E-state index in [4.69, 9.17) is 5.11 Å². The van der Waals surface area contributed by atoms with Crippen molar-refractivity contribution in [3.63, 3.8) is 0 Å². The first kappa shape index (κ1) is 7.56. The van der Waals surface area contributed by atoms with Gasteiger partial charge in [-0.05, 0) is 37.6 Å². The summed E-state index contributed by atoms with van der Waals surface area (Å²) < 4.78 is 0. The highest BCUT2D eigenvalue weighted by atomic mass is 16.3. The molecule has 3 unspecified atom stereocenters. The van der Waals surface area contributed by atoms with Gasteiger partial charge in [0, 0.05) is 19.7 Å². The van der Waals surface area contributed by atoms with Gasteiger partial charge >= 0.3 is 0 Å². The fourth-order valence-electron chi connectivity index (χ4n) is 2.55. The Morgan fingerprint density at radius 2 is 2.27 bits per heavy atom. The van der Waals surface area contributed by atoms with Gasteiger partial charge in [-0.3, -0.25) is 0 Å². The molecule has 0 amide bonds. The molecule has 2 aliphatic heterocycles. The van der Waals surface area contributed by atoms with E-state index in [1.165, 1.54) is 32.4 Å². The molecular formula is C9H17NO.